The van der Waals surface area contributed by atoms with E-state index in [1.54, 1.807) is 0 Å². The highest BCUT2D eigenvalue weighted by molar-refractivity contribution is 8.18. The van der Waals surface area contributed by atoms with Crippen LogP contribution in [0.25, 0.3) is 0 Å². The summed E-state index contributed by atoms with van der Waals surface area (Å²) in [5.41, 5.74) is 0. The predicted molar refractivity (Wildman–Crippen MR) is 19.0 cm³/mol. The molecule has 5 heteroatoms. The van der Waals surface area contributed by atoms with Gasteiger partial charge in [-0.2, -0.15) is 8.42 Å². The molecule has 0 atom stereocenters. The van der Waals surface area contributed by atoms with Gasteiger partial charge in [0.2, 0.25) is 10.2 Å². The Morgan fingerprint density at radius 1 is 1.80 bits per heavy atom. The van der Waals surface area contributed by atoms with E-state index in [0.717, 1.165) is 0 Å². The highest BCUT2D eigenvalue weighted by Crippen LogP contribution is 1.26. The molecule has 1 N–H and O–H groups in total. The summed E-state index contributed by atoms with van der Waals surface area (Å²) in [5, 5.41) is 0. The standard InChI is InChI=1S/HNO2S2/c1-5(3)4-2/h1H. The van der Waals surface area contributed by atoms with Crippen LogP contribution in [-0.2, 0) is 19.4 Å². The van der Waals surface area contributed by atoms with Gasteiger partial charge in [-0.3, -0.25) is 0 Å². The molecule has 0 fully saturated rings. The average Bonchev–Trinajstić information content (AvgIpc) is 1.38. The van der Waals surface area contributed by atoms with Gasteiger partial charge in [0.05, 0.1) is 0 Å². The first-order chi connectivity index (χ1) is 2.27. The maximum atomic E-state index is 9.24. The van der Waals surface area contributed by atoms with Crippen LogP contribution in [0.3, 0.4) is 0 Å². The molecule has 0 radical (unpaired) electrons. The summed E-state index contributed by atoms with van der Waals surface area (Å²) in [6.07, 6.45) is 0. The van der Waals surface area contributed by atoms with Gasteiger partial charge in [-0.1, -0.05) is 0 Å². The van der Waals surface area contributed by atoms with Crippen molar-refractivity contribution in [2.45, 2.75) is 0 Å². The zero-order valence-electron chi connectivity index (χ0n) is 2.13. The van der Waals surface area contributed by atoms with Crippen LogP contribution in [0.1, 0.15) is 0 Å². The van der Waals surface area contributed by atoms with Crippen LogP contribution in [0.2, 0.25) is 0 Å². The van der Waals surface area contributed by atoms with Gasteiger partial charge < -0.3 is 0 Å². The molecule has 0 bridgehead atoms. The van der Waals surface area contributed by atoms with Crippen LogP contribution < -0.4 is 0 Å². The van der Waals surface area contributed by atoms with Gasteiger partial charge in [0.25, 0.3) is 0 Å². The Bertz CT molecular complexity index is 138. The predicted octanol–water partition coefficient (Wildman–Crippen LogP) is -0.375. The minimum atomic E-state index is -1.96. The number of rotatable bonds is 0. The molecular weight excluding hydrogens is 110 g/mol. The molecule has 0 saturated carbocycles. The number of hydrogen-bond acceptors (Lipinski definition) is 3. The van der Waals surface area contributed by atoms with E-state index < -0.39 is 9.16 Å². The second kappa shape index (κ2) is 2.10. The molecule has 0 saturated heterocycles. The van der Waals surface area contributed by atoms with Crippen LogP contribution in [0, 0.1) is 4.78 Å². The molecule has 0 aliphatic carbocycles. The van der Waals surface area contributed by atoms with Crippen molar-refractivity contribution in [3.63, 3.8) is 0 Å². The van der Waals surface area contributed by atoms with E-state index in [0.29, 0.717) is 0 Å². The smallest absolute Gasteiger partial charge is 0.202 e. The zero-order valence-corrected chi connectivity index (χ0v) is 3.77. The molecule has 0 aliphatic rings. The van der Waals surface area contributed by atoms with Gasteiger partial charge in [0.1, 0.15) is 0 Å². The Hall–Kier alpha value is -0.160. The number of nitrogens with one attached hydrogen (secondary N) is 1. The largest absolute Gasteiger partial charge is 0.211 e. The fourth-order valence-corrected chi connectivity index (χ4v) is 0. The third kappa shape index (κ3) is 3.84. The SMILES string of the molecule is N=S(=O)=S=O. The first-order valence-electron chi connectivity index (χ1n) is 0.704. The Kier molecular flexibility index (Phi) is 2.03. The van der Waals surface area contributed by atoms with Gasteiger partial charge in [-0.15, -0.1) is 0 Å². The molecule has 0 aromatic carbocycles. The molecule has 0 aromatic rings. The van der Waals surface area contributed by atoms with E-state index in [9.17, 15) is 4.21 Å². The van der Waals surface area contributed by atoms with E-state index in [1.807, 2.05) is 0 Å². The van der Waals surface area contributed by atoms with Gasteiger partial charge in [-0.25, -0.2) is 4.78 Å². The van der Waals surface area contributed by atoms with Crippen LogP contribution in [0.4, 0.5) is 0 Å². The Balaban J connectivity index is 5.08. The Labute approximate surface area is 33.3 Å². The number of hydrogen-bond donors (Lipinski definition) is 1. The molecule has 0 rings (SSSR count). The van der Waals surface area contributed by atoms with Crippen molar-refractivity contribution in [1.29, 1.82) is 4.78 Å². The average molecular weight is 111 g/mol. The van der Waals surface area contributed by atoms with E-state index in [4.69, 9.17) is 8.99 Å². The fraction of sp³-hybridized carbons (Fsp3) is 0. The van der Waals surface area contributed by atoms with E-state index in [-0.39, 0.29) is 10.2 Å². The summed E-state index contributed by atoms with van der Waals surface area (Å²) >= 11 is 0. The van der Waals surface area contributed by atoms with Crippen LogP contribution in [0.5, 0.6) is 0 Å². The monoisotopic (exact) mass is 111 g/mol. The molecule has 0 heterocycles. The van der Waals surface area contributed by atoms with Crippen molar-refractivity contribution in [3.8, 4) is 0 Å². The maximum Gasteiger partial charge on any atom is 0.202 e. The highest BCUT2D eigenvalue weighted by Gasteiger charge is 1.39. The lowest BCUT2D eigenvalue weighted by Crippen LogP contribution is -1.38. The summed E-state index contributed by atoms with van der Waals surface area (Å²) in [6, 6.07) is 0. The topological polar surface area (TPSA) is 58.0 Å². The van der Waals surface area contributed by atoms with Crippen molar-refractivity contribution in [3.05, 3.63) is 0 Å². The van der Waals surface area contributed by atoms with E-state index >= 15 is 0 Å². The molecule has 0 amide bonds. The van der Waals surface area contributed by atoms with Gasteiger partial charge >= 0.3 is 0 Å². The lowest BCUT2D eigenvalue weighted by Gasteiger charge is -1.26. The van der Waals surface area contributed by atoms with Crippen molar-refractivity contribution < 1.29 is 8.42 Å². The molecular formula is HNO2S2. The molecule has 0 unspecified atom stereocenters. The van der Waals surface area contributed by atoms with Gasteiger partial charge in [0, 0.05) is 0 Å². The van der Waals surface area contributed by atoms with Gasteiger partial charge in [-0.05, 0) is 0 Å². The molecule has 5 heavy (non-hydrogen) atoms. The van der Waals surface area contributed by atoms with Gasteiger partial charge in [0.15, 0.2) is 9.16 Å². The third-order valence-corrected chi connectivity index (χ3v) is 0.556. The van der Waals surface area contributed by atoms with Crippen molar-refractivity contribution in [2.24, 2.45) is 0 Å². The van der Waals surface area contributed by atoms with E-state index in [2.05, 4.69) is 0 Å². The van der Waals surface area contributed by atoms with Crippen molar-refractivity contribution in [2.75, 3.05) is 0 Å². The maximum absolute atomic E-state index is 9.24. The summed E-state index contributed by atoms with van der Waals surface area (Å²) < 4.78 is 24.2. The normalized spacial score (nSPS) is 6.40. The zero-order chi connectivity index (χ0) is 4.28. The van der Waals surface area contributed by atoms with E-state index in [1.165, 1.54) is 0 Å². The molecule has 0 aromatic heterocycles. The highest BCUT2D eigenvalue weighted by atomic mass is 32.8. The second-order valence-corrected chi connectivity index (χ2v) is 2.22. The summed E-state index contributed by atoms with van der Waals surface area (Å²) in [5.74, 6) is 0. The summed E-state index contributed by atoms with van der Waals surface area (Å²) in [4.78, 5) is 0. The van der Waals surface area contributed by atoms with Crippen LogP contribution >= 0.6 is 0 Å². The Morgan fingerprint density at radius 2 is 2.00 bits per heavy atom. The minimum Gasteiger partial charge on any atom is -0.211 e. The lowest BCUT2D eigenvalue weighted by atomic mass is 14.0. The first kappa shape index (κ1) is 4.84. The molecule has 3 nitrogen and oxygen atoms in total. The summed E-state index contributed by atoms with van der Waals surface area (Å²) in [6.45, 7) is 0. The van der Waals surface area contributed by atoms with Crippen LogP contribution in [0.15, 0.2) is 0 Å². The first-order valence-corrected chi connectivity index (χ1v) is 3.11. The quantitative estimate of drug-likeness (QED) is 0.463. The molecule has 0 aliphatic heterocycles. The molecule has 0 spiro atoms. The second-order valence-electron chi connectivity index (χ2n) is 0.303. The Morgan fingerprint density at radius 3 is 2.00 bits per heavy atom. The van der Waals surface area contributed by atoms with Crippen molar-refractivity contribution >= 4 is 19.4 Å². The third-order valence-electron chi connectivity index (χ3n) is 0.0618. The fourth-order valence-electron chi connectivity index (χ4n) is 0. The van der Waals surface area contributed by atoms with Crippen LogP contribution in [-0.4, -0.2) is 8.42 Å². The lowest BCUT2D eigenvalue weighted by molar-refractivity contribution is 0.689. The molecule has 30 valence electrons. The summed E-state index contributed by atoms with van der Waals surface area (Å²) in [7, 11) is -2.19. The van der Waals surface area contributed by atoms with Crippen molar-refractivity contribution in [1.82, 2.24) is 0 Å². The minimum absolute atomic E-state index is 0.231.